The maximum absolute atomic E-state index is 14.5. The van der Waals surface area contributed by atoms with E-state index in [2.05, 4.69) is 9.97 Å². The van der Waals surface area contributed by atoms with E-state index in [4.69, 9.17) is 14.2 Å². The molecule has 1 saturated carbocycles. The first kappa shape index (κ1) is 17.8. The van der Waals surface area contributed by atoms with E-state index in [0.29, 0.717) is 23.4 Å². The van der Waals surface area contributed by atoms with Gasteiger partial charge in [-0.1, -0.05) is 12.8 Å². The minimum absolute atomic E-state index is 0.202. The van der Waals surface area contributed by atoms with Gasteiger partial charge in [-0.2, -0.15) is 8.78 Å². The van der Waals surface area contributed by atoms with Crippen molar-refractivity contribution in [2.24, 2.45) is 5.92 Å². The fourth-order valence-electron chi connectivity index (χ4n) is 2.67. The molecule has 1 fully saturated rings. The van der Waals surface area contributed by atoms with Crippen LogP contribution in [0.4, 0.5) is 8.78 Å². The van der Waals surface area contributed by atoms with Gasteiger partial charge >= 0.3 is 5.92 Å². The van der Waals surface area contributed by atoms with Crippen molar-refractivity contribution >= 4 is 11.0 Å². The van der Waals surface area contributed by atoms with Crippen molar-refractivity contribution in [2.45, 2.75) is 31.6 Å². The Bertz CT molecular complexity index is 736. The predicted molar refractivity (Wildman–Crippen MR) is 89.3 cm³/mol. The van der Waals surface area contributed by atoms with Crippen molar-refractivity contribution in [3.8, 4) is 11.6 Å². The van der Waals surface area contributed by atoms with E-state index in [1.807, 2.05) is 0 Å². The topological polar surface area (TPSA) is 53.5 Å². The van der Waals surface area contributed by atoms with E-state index in [9.17, 15) is 8.78 Å². The average molecular weight is 352 g/mol. The number of hydrogen-bond donors (Lipinski definition) is 0. The summed E-state index contributed by atoms with van der Waals surface area (Å²) in [5.74, 6) is -2.13. The van der Waals surface area contributed by atoms with Crippen LogP contribution in [0.15, 0.2) is 18.2 Å². The highest BCUT2D eigenvalue weighted by Crippen LogP contribution is 2.35. The van der Waals surface area contributed by atoms with Crippen LogP contribution in [-0.2, 0) is 10.7 Å². The maximum Gasteiger partial charge on any atom is 0.317 e. The molecule has 136 valence electrons. The predicted octanol–water partition coefficient (Wildman–Crippen LogP) is 3.95. The summed E-state index contributed by atoms with van der Waals surface area (Å²) in [6.45, 7) is -0.406. The Labute approximate surface area is 145 Å². The minimum Gasteiger partial charge on any atom is -0.497 e. The molecule has 1 aromatic heterocycles. The van der Waals surface area contributed by atoms with Crippen LogP contribution in [0.25, 0.3) is 11.0 Å². The molecule has 25 heavy (non-hydrogen) atoms. The normalized spacial score (nSPS) is 14.7. The van der Waals surface area contributed by atoms with Gasteiger partial charge in [0.05, 0.1) is 25.3 Å². The van der Waals surface area contributed by atoms with Crippen LogP contribution in [0.1, 0.15) is 31.4 Å². The van der Waals surface area contributed by atoms with Crippen LogP contribution in [0.2, 0.25) is 0 Å². The Morgan fingerprint density at radius 3 is 2.60 bits per heavy atom. The number of alkyl halides is 2. The number of fused-ring (bicyclic) bond motifs is 1. The Morgan fingerprint density at radius 2 is 1.92 bits per heavy atom. The standard InChI is InChI=1S/C18H22F2N2O3/c1-23-13-7-8-14-15(10-13)22-17(24-2)16(21-14)18(19,20)11-25-9-3-4-12-5-6-12/h7-8,10,12H,3-6,9,11H2,1-2H3. The minimum atomic E-state index is -3.27. The molecule has 0 unspecified atom stereocenters. The summed E-state index contributed by atoms with van der Waals surface area (Å²) in [7, 11) is 2.82. The zero-order valence-electron chi connectivity index (χ0n) is 14.4. The fraction of sp³-hybridized carbons (Fsp3) is 0.556. The number of benzene rings is 1. The Balaban J connectivity index is 1.74. The molecule has 1 aliphatic rings. The van der Waals surface area contributed by atoms with Crippen LogP contribution in [-0.4, -0.2) is 37.4 Å². The molecule has 3 rings (SSSR count). The second-order valence-corrected chi connectivity index (χ2v) is 6.28. The molecule has 0 atom stereocenters. The van der Waals surface area contributed by atoms with E-state index in [-0.39, 0.29) is 5.88 Å². The van der Waals surface area contributed by atoms with Gasteiger partial charge in [0.2, 0.25) is 5.88 Å². The van der Waals surface area contributed by atoms with Gasteiger partial charge in [-0.3, -0.25) is 0 Å². The molecule has 1 aliphatic carbocycles. The Morgan fingerprint density at radius 1 is 1.12 bits per heavy atom. The number of nitrogens with zero attached hydrogens (tertiary/aromatic N) is 2. The van der Waals surface area contributed by atoms with Crippen molar-refractivity contribution in [3.63, 3.8) is 0 Å². The largest absolute Gasteiger partial charge is 0.497 e. The van der Waals surface area contributed by atoms with Crippen LogP contribution in [0.3, 0.4) is 0 Å². The molecule has 0 N–H and O–H groups in total. The highest BCUT2D eigenvalue weighted by atomic mass is 19.3. The van der Waals surface area contributed by atoms with Gasteiger partial charge in [0.25, 0.3) is 0 Å². The molecule has 1 aromatic carbocycles. The highest BCUT2D eigenvalue weighted by Gasteiger charge is 2.38. The molecular weight excluding hydrogens is 330 g/mol. The molecule has 0 radical (unpaired) electrons. The molecule has 0 amide bonds. The summed E-state index contributed by atoms with van der Waals surface area (Å²) in [5, 5.41) is 0. The first-order valence-corrected chi connectivity index (χ1v) is 8.39. The first-order valence-electron chi connectivity index (χ1n) is 8.39. The Kier molecular flexibility index (Phi) is 5.32. The van der Waals surface area contributed by atoms with E-state index >= 15 is 0 Å². The summed E-state index contributed by atoms with van der Waals surface area (Å²) in [5.41, 5.74) is 0.279. The van der Waals surface area contributed by atoms with Gasteiger partial charge in [0.15, 0.2) is 5.69 Å². The third kappa shape index (κ3) is 4.34. The lowest BCUT2D eigenvalue weighted by Gasteiger charge is -2.18. The van der Waals surface area contributed by atoms with Crippen molar-refractivity contribution in [1.29, 1.82) is 0 Å². The number of hydrogen-bond acceptors (Lipinski definition) is 5. The van der Waals surface area contributed by atoms with Crippen molar-refractivity contribution in [2.75, 3.05) is 27.4 Å². The maximum atomic E-state index is 14.5. The molecule has 2 aromatic rings. The number of ether oxygens (including phenoxy) is 3. The van der Waals surface area contributed by atoms with Crippen LogP contribution < -0.4 is 9.47 Å². The molecule has 5 nitrogen and oxygen atoms in total. The van der Waals surface area contributed by atoms with E-state index in [1.165, 1.54) is 27.1 Å². The average Bonchev–Trinajstić information content (AvgIpc) is 3.44. The first-order chi connectivity index (χ1) is 12.0. The molecule has 0 bridgehead atoms. The Hall–Kier alpha value is -2.02. The zero-order chi connectivity index (χ0) is 17.9. The van der Waals surface area contributed by atoms with Crippen LogP contribution >= 0.6 is 0 Å². The monoisotopic (exact) mass is 352 g/mol. The summed E-state index contributed by atoms with van der Waals surface area (Å²) in [4.78, 5) is 8.20. The van der Waals surface area contributed by atoms with Crippen molar-refractivity contribution in [3.05, 3.63) is 23.9 Å². The lowest BCUT2D eigenvalue weighted by Crippen LogP contribution is -2.24. The highest BCUT2D eigenvalue weighted by molar-refractivity contribution is 5.76. The summed E-state index contributed by atoms with van der Waals surface area (Å²) in [6.07, 6.45) is 4.36. The number of halogens is 2. The lowest BCUT2D eigenvalue weighted by molar-refractivity contribution is -0.0875. The molecule has 0 aliphatic heterocycles. The van der Waals surface area contributed by atoms with Gasteiger partial charge in [-0.15, -0.1) is 0 Å². The molecule has 0 spiro atoms. The number of methoxy groups -OCH3 is 2. The van der Waals surface area contributed by atoms with E-state index in [1.54, 1.807) is 18.2 Å². The van der Waals surface area contributed by atoms with Gasteiger partial charge in [-0.25, -0.2) is 9.97 Å². The number of rotatable bonds is 9. The van der Waals surface area contributed by atoms with E-state index in [0.717, 1.165) is 18.8 Å². The van der Waals surface area contributed by atoms with Gasteiger partial charge in [0, 0.05) is 12.7 Å². The molecular formula is C18H22F2N2O3. The summed E-state index contributed by atoms with van der Waals surface area (Å²) in [6, 6.07) is 4.87. The zero-order valence-corrected chi connectivity index (χ0v) is 14.4. The lowest BCUT2D eigenvalue weighted by atomic mass is 10.2. The third-order valence-corrected chi connectivity index (χ3v) is 4.26. The second-order valence-electron chi connectivity index (χ2n) is 6.28. The van der Waals surface area contributed by atoms with E-state index < -0.39 is 18.2 Å². The smallest absolute Gasteiger partial charge is 0.317 e. The van der Waals surface area contributed by atoms with Crippen LogP contribution in [0, 0.1) is 5.92 Å². The van der Waals surface area contributed by atoms with Crippen molar-refractivity contribution < 1.29 is 23.0 Å². The SMILES string of the molecule is COc1ccc2nc(C(F)(F)COCCCC3CC3)c(OC)nc2c1. The van der Waals surface area contributed by atoms with Gasteiger partial charge in [-0.05, 0) is 30.9 Å². The van der Waals surface area contributed by atoms with Crippen LogP contribution in [0.5, 0.6) is 11.6 Å². The van der Waals surface area contributed by atoms with Crippen molar-refractivity contribution in [1.82, 2.24) is 9.97 Å². The molecule has 7 heteroatoms. The summed E-state index contributed by atoms with van der Waals surface area (Å²) >= 11 is 0. The summed E-state index contributed by atoms with van der Waals surface area (Å²) < 4.78 is 44.4. The molecule has 1 heterocycles. The fourth-order valence-corrected chi connectivity index (χ4v) is 2.67. The second kappa shape index (κ2) is 7.47. The van der Waals surface area contributed by atoms with Gasteiger partial charge in [0.1, 0.15) is 12.4 Å². The molecule has 0 saturated heterocycles. The quantitative estimate of drug-likeness (QED) is 0.640. The third-order valence-electron chi connectivity index (χ3n) is 4.26. The van der Waals surface area contributed by atoms with Gasteiger partial charge < -0.3 is 14.2 Å². The number of aromatic nitrogens is 2.